The Morgan fingerprint density at radius 2 is 2.05 bits per heavy atom. The van der Waals surface area contributed by atoms with Crippen LogP contribution in [-0.2, 0) is 0 Å². The van der Waals surface area contributed by atoms with E-state index in [-0.39, 0.29) is 18.5 Å². The minimum absolute atomic E-state index is 0.174. The van der Waals surface area contributed by atoms with Crippen LogP contribution in [0.5, 0.6) is 0 Å². The number of aliphatic hydroxyl groups excluding tert-OH is 2. The molecule has 0 aliphatic carbocycles. The highest BCUT2D eigenvalue weighted by Crippen LogP contribution is 2.25. The van der Waals surface area contributed by atoms with Crippen molar-refractivity contribution < 1.29 is 14.6 Å². The van der Waals surface area contributed by atoms with Gasteiger partial charge in [0.05, 0.1) is 12.7 Å². The van der Waals surface area contributed by atoms with Crippen molar-refractivity contribution in [2.75, 3.05) is 19.7 Å². The molecule has 1 aliphatic rings. The number of rotatable bonds is 5. The van der Waals surface area contributed by atoms with Crippen molar-refractivity contribution in [3.8, 4) is 0 Å². The Labute approximate surface area is 113 Å². The summed E-state index contributed by atoms with van der Waals surface area (Å²) in [7, 11) is 0. The van der Waals surface area contributed by atoms with E-state index in [1.165, 1.54) is 12.1 Å². The maximum absolute atomic E-state index is 12.8. The van der Waals surface area contributed by atoms with Gasteiger partial charge in [-0.25, -0.2) is 4.39 Å². The Morgan fingerprint density at radius 1 is 1.37 bits per heavy atom. The molecule has 1 fully saturated rings. The molecule has 1 heterocycles. The summed E-state index contributed by atoms with van der Waals surface area (Å²) >= 11 is 0. The van der Waals surface area contributed by atoms with Crippen molar-refractivity contribution in [3.63, 3.8) is 0 Å². The van der Waals surface area contributed by atoms with Crippen LogP contribution in [0.25, 0.3) is 0 Å². The van der Waals surface area contributed by atoms with E-state index in [9.17, 15) is 14.6 Å². The van der Waals surface area contributed by atoms with Crippen LogP contribution >= 0.6 is 0 Å². The molecular formula is C15H22FNO2. The second-order valence-corrected chi connectivity index (χ2v) is 5.41. The van der Waals surface area contributed by atoms with Gasteiger partial charge in [-0.2, -0.15) is 0 Å². The summed E-state index contributed by atoms with van der Waals surface area (Å²) < 4.78 is 12.8. The van der Waals surface area contributed by atoms with E-state index in [1.807, 2.05) is 0 Å². The Morgan fingerprint density at radius 3 is 2.68 bits per heavy atom. The fourth-order valence-electron chi connectivity index (χ4n) is 2.80. The van der Waals surface area contributed by atoms with Gasteiger partial charge < -0.3 is 10.2 Å². The Balaban J connectivity index is 1.86. The highest BCUT2D eigenvalue weighted by molar-refractivity contribution is 5.18. The number of nitrogens with zero attached hydrogens (tertiary/aromatic N) is 1. The van der Waals surface area contributed by atoms with Crippen molar-refractivity contribution in [2.45, 2.75) is 31.9 Å². The topological polar surface area (TPSA) is 43.7 Å². The Bertz CT molecular complexity index is 396. The fraction of sp³-hybridized carbons (Fsp3) is 0.600. The fourth-order valence-corrected chi connectivity index (χ4v) is 2.80. The van der Waals surface area contributed by atoms with Gasteiger partial charge in [-0.05, 0) is 43.0 Å². The molecule has 0 saturated carbocycles. The third kappa shape index (κ3) is 3.53. The maximum atomic E-state index is 12.8. The minimum Gasteiger partial charge on any atom is -0.395 e. The van der Waals surface area contributed by atoms with Crippen LogP contribution in [0.2, 0.25) is 0 Å². The van der Waals surface area contributed by atoms with Crippen LogP contribution in [0.15, 0.2) is 24.3 Å². The monoisotopic (exact) mass is 267 g/mol. The zero-order chi connectivity index (χ0) is 13.8. The van der Waals surface area contributed by atoms with E-state index in [0.717, 1.165) is 25.1 Å². The van der Waals surface area contributed by atoms with Crippen molar-refractivity contribution in [1.29, 1.82) is 0 Å². The van der Waals surface area contributed by atoms with E-state index in [2.05, 4.69) is 11.8 Å². The van der Waals surface area contributed by atoms with Crippen molar-refractivity contribution in [2.24, 2.45) is 5.92 Å². The van der Waals surface area contributed by atoms with Gasteiger partial charge in [-0.15, -0.1) is 0 Å². The molecule has 2 N–H and O–H groups in total. The molecule has 3 nitrogen and oxygen atoms in total. The van der Waals surface area contributed by atoms with E-state index in [1.54, 1.807) is 12.1 Å². The average molecular weight is 267 g/mol. The molecule has 0 radical (unpaired) electrons. The van der Waals surface area contributed by atoms with Gasteiger partial charge in [-0.1, -0.05) is 19.1 Å². The molecule has 106 valence electrons. The summed E-state index contributed by atoms with van der Waals surface area (Å²) in [6, 6.07) is 6.19. The molecule has 19 heavy (non-hydrogen) atoms. The van der Waals surface area contributed by atoms with Crippen molar-refractivity contribution >= 4 is 0 Å². The molecule has 1 aromatic rings. The number of hydrogen-bond donors (Lipinski definition) is 2. The second-order valence-electron chi connectivity index (χ2n) is 5.41. The van der Waals surface area contributed by atoms with Crippen molar-refractivity contribution in [3.05, 3.63) is 35.6 Å². The molecule has 4 heteroatoms. The predicted molar refractivity (Wildman–Crippen MR) is 72.2 cm³/mol. The molecule has 0 aromatic heterocycles. The number of likely N-dealkylation sites (tertiary alicyclic amines) is 1. The Kier molecular flexibility index (Phi) is 4.91. The molecule has 1 aromatic carbocycles. The first-order chi connectivity index (χ1) is 9.11. The molecule has 0 amide bonds. The Hall–Kier alpha value is -0.970. The SMILES string of the molecule is CC1CCN(CCC(O)c2ccc(F)cc2)C1CO. The van der Waals surface area contributed by atoms with Crippen LogP contribution in [-0.4, -0.2) is 40.9 Å². The van der Waals surface area contributed by atoms with Crippen LogP contribution in [0.4, 0.5) is 4.39 Å². The summed E-state index contributed by atoms with van der Waals surface area (Å²) in [5.41, 5.74) is 0.745. The molecule has 3 atom stereocenters. The zero-order valence-electron chi connectivity index (χ0n) is 11.3. The minimum atomic E-state index is -0.573. The molecule has 3 unspecified atom stereocenters. The van der Waals surface area contributed by atoms with E-state index >= 15 is 0 Å². The van der Waals surface area contributed by atoms with Gasteiger partial charge >= 0.3 is 0 Å². The van der Waals surface area contributed by atoms with Gasteiger partial charge in [0.2, 0.25) is 0 Å². The van der Waals surface area contributed by atoms with Crippen LogP contribution < -0.4 is 0 Å². The quantitative estimate of drug-likeness (QED) is 0.857. The van der Waals surface area contributed by atoms with Gasteiger partial charge in [0.1, 0.15) is 5.82 Å². The number of hydrogen-bond acceptors (Lipinski definition) is 3. The number of aliphatic hydroxyl groups is 2. The summed E-state index contributed by atoms with van der Waals surface area (Å²) in [5.74, 6) is 0.220. The standard InChI is InChI=1S/C15H22FNO2/c1-11-6-8-17(14(11)10-18)9-7-15(19)12-2-4-13(16)5-3-12/h2-5,11,14-15,18-19H,6-10H2,1H3. The summed E-state index contributed by atoms with van der Waals surface area (Å²) in [6.07, 6.45) is 1.13. The van der Waals surface area contributed by atoms with Gasteiger partial charge in [-0.3, -0.25) is 4.90 Å². The first kappa shape index (κ1) is 14.4. The largest absolute Gasteiger partial charge is 0.395 e. The first-order valence-electron chi connectivity index (χ1n) is 6.90. The van der Waals surface area contributed by atoms with Crippen LogP contribution in [0.3, 0.4) is 0 Å². The number of benzene rings is 1. The highest BCUT2D eigenvalue weighted by atomic mass is 19.1. The highest BCUT2D eigenvalue weighted by Gasteiger charge is 2.30. The predicted octanol–water partition coefficient (Wildman–Crippen LogP) is 1.95. The second kappa shape index (κ2) is 6.46. The summed E-state index contributed by atoms with van der Waals surface area (Å²) in [6.45, 7) is 4.06. The third-order valence-corrected chi connectivity index (χ3v) is 4.13. The lowest BCUT2D eigenvalue weighted by atomic mass is 10.0. The molecular weight excluding hydrogens is 245 g/mol. The first-order valence-corrected chi connectivity index (χ1v) is 6.90. The molecule has 1 aliphatic heterocycles. The molecule has 0 spiro atoms. The maximum Gasteiger partial charge on any atom is 0.123 e. The van der Waals surface area contributed by atoms with Gasteiger partial charge in [0, 0.05) is 12.6 Å². The lowest BCUT2D eigenvalue weighted by molar-refractivity contribution is 0.107. The molecule has 0 bridgehead atoms. The van der Waals surface area contributed by atoms with Crippen molar-refractivity contribution in [1.82, 2.24) is 4.90 Å². The van der Waals surface area contributed by atoms with E-state index < -0.39 is 6.10 Å². The van der Waals surface area contributed by atoms with Crippen LogP contribution in [0.1, 0.15) is 31.4 Å². The van der Waals surface area contributed by atoms with E-state index in [0.29, 0.717) is 12.3 Å². The van der Waals surface area contributed by atoms with E-state index in [4.69, 9.17) is 0 Å². The zero-order valence-corrected chi connectivity index (χ0v) is 11.3. The smallest absolute Gasteiger partial charge is 0.123 e. The average Bonchev–Trinajstić information content (AvgIpc) is 2.77. The lowest BCUT2D eigenvalue weighted by Gasteiger charge is -2.26. The van der Waals surface area contributed by atoms with Gasteiger partial charge in [0.15, 0.2) is 0 Å². The number of halogens is 1. The third-order valence-electron chi connectivity index (χ3n) is 4.13. The normalized spacial score (nSPS) is 25.7. The molecule has 2 rings (SSSR count). The molecule has 1 saturated heterocycles. The summed E-state index contributed by atoms with van der Waals surface area (Å²) in [4.78, 5) is 2.23. The van der Waals surface area contributed by atoms with Crippen LogP contribution in [0, 0.1) is 11.7 Å². The summed E-state index contributed by atoms with van der Waals surface area (Å²) in [5, 5.41) is 19.5. The van der Waals surface area contributed by atoms with Gasteiger partial charge in [0.25, 0.3) is 0 Å². The lowest BCUT2D eigenvalue weighted by Crippen LogP contribution is -2.36.